The molecule has 0 radical (unpaired) electrons. The fourth-order valence-corrected chi connectivity index (χ4v) is 2.05. The van der Waals surface area contributed by atoms with Crippen LogP contribution in [-0.4, -0.2) is 19.0 Å². The van der Waals surface area contributed by atoms with E-state index in [2.05, 4.69) is 22.6 Å². The molecule has 2 nitrogen and oxygen atoms in total. The average Bonchev–Trinajstić information content (AvgIpc) is 2.48. The molecule has 3 heteroatoms. The SMILES string of the molecule is O=C(COCC=Cc1ccccc1)c1ccc(I)cc1. The van der Waals surface area contributed by atoms with Gasteiger partial charge in [0.2, 0.25) is 0 Å². The summed E-state index contributed by atoms with van der Waals surface area (Å²) in [5.41, 5.74) is 1.82. The normalized spacial score (nSPS) is 10.8. The van der Waals surface area contributed by atoms with Gasteiger partial charge in [-0.25, -0.2) is 0 Å². The second-order valence-electron chi connectivity index (χ2n) is 4.26. The zero-order valence-corrected chi connectivity index (χ0v) is 13.1. The fraction of sp³-hybridized carbons (Fsp3) is 0.118. The molecule has 0 spiro atoms. The molecule has 20 heavy (non-hydrogen) atoms. The highest BCUT2D eigenvalue weighted by molar-refractivity contribution is 14.1. The lowest BCUT2D eigenvalue weighted by Gasteiger charge is -2.01. The molecule has 2 rings (SSSR count). The highest BCUT2D eigenvalue weighted by Crippen LogP contribution is 2.07. The zero-order chi connectivity index (χ0) is 14.2. The Hall–Kier alpha value is -1.46. The minimum atomic E-state index is 0.00881. The molecule has 0 N–H and O–H groups in total. The number of carbonyl (C=O) groups is 1. The van der Waals surface area contributed by atoms with Crippen molar-refractivity contribution in [2.45, 2.75) is 0 Å². The average molecular weight is 378 g/mol. The van der Waals surface area contributed by atoms with Crippen molar-refractivity contribution < 1.29 is 9.53 Å². The van der Waals surface area contributed by atoms with E-state index in [-0.39, 0.29) is 12.4 Å². The molecule has 0 bridgehead atoms. The van der Waals surface area contributed by atoms with Crippen molar-refractivity contribution in [3.63, 3.8) is 0 Å². The molecule has 2 aromatic rings. The fourth-order valence-electron chi connectivity index (χ4n) is 1.69. The Bertz CT molecular complexity index is 574. The maximum Gasteiger partial charge on any atom is 0.188 e. The van der Waals surface area contributed by atoms with Gasteiger partial charge in [0.25, 0.3) is 0 Å². The first kappa shape index (κ1) is 14.9. The number of rotatable bonds is 6. The third-order valence-corrected chi connectivity index (χ3v) is 3.44. The standard InChI is InChI=1S/C17H15IO2/c18-16-10-8-15(9-11-16)17(19)13-20-12-4-7-14-5-2-1-3-6-14/h1-11H,12-13H2. The van der Waals surface area contributed by atoms with Gasteiger partial charge in [0.05, 0.1) is 6.61 Å². The van der Waals surface area contributed by atoms with Crippen molar-refractivity contribution in [1.29, 1.82) is 0 Å². The molecular weight excluding hydrogens is 363 g/mol. The number of ketones is 1. The number of hydrogen-bond donors (Lipinski definition) is 0. The van der Waals surface area contributed by atoms with E-state index >= 15 is 0 Å². The van der Waals surface area contributed by atoms with Gasteiger partial charge in [0.15, 0.2) is 5.78 Å². The first-order valence-corrected chi connectivity index (χ1v) is 7.42. The summed E-state index contributed by atoms with van der Waals surface area (Å²) in [6.07, 6.45) is 3.89. The highest BCUT2D eigenvalue weighted by Gasteiger charge is 2.04. The lowest BCUT2D eigenvalue weighted by atomic mass is 10.1. The molecule has 0 aromatic heterocycles. The van der Waals surface area contributed by atoms with Gasteiger partial charge in [0.1, 0.15) is 6.61 Å². The Kier molecular flexibility index (Phi) is 5.95. The van der Waals surface area contributed by atoms with Gasteiger partial charge in [-0.1, -0.05) is 54.6 Å². The number of carbonyl (C=O) groups excluding carboxylic acids is 1. The second-order valence-corrected chi connectivity index (χ2v) is 5.50. The summed E-state index contributed by atoms with van der Waals surface area (Å²) in [4.78, 5) is 11.8. The Labute approximate surface area is 132 Å². The Morgan fingerprint density at radius 3 is 2.45 bits per heavy atom. The molecule has 0 unspecified atom stereocenters. The van der Waals surface area contributed by atoms with Crippen LogP contribution in [0.15, 0.2) is 60.7 Å². The van der Waals surface area contributed by atoms with Crippen LogP contribution in [0.2, 0.25) is 0 Å². The number of benzene rings is 2. The van der Waals surface area contributed by atoms with E-state index in [1.807, 2.05) is 66.7 Å². The van der Waals surface area contributed by atoms with E-state index in [0.29, 0.717) is 12.2 Å². The van der Waals surface area contributed by atoms with Gasteiger partial charge >= 0.3 is 0 Å². The number of hydrogen-bond acceptors (Lipinski definition) is 2. The molecule has 0 saturated heterocycles. The monoisotopic (exact) mass is 378 g/mol. The van der Waals surface area contributed by atoms with Crippen molar-refractivity contribution in [3.8, 4) is 0 Å². The van der Waals surface area contributed by atoms with Crippen molar-refractivity contribution in [2.24, 2.45) is 0 Å². The van der Waals surface area contributed by atoms with Crippen LogP contribution in [0, 0.1) is 3.57 Å². The number of ether oxygens (including phenoxy) is 1. The summed E-state index contributed by atoms with van der Waals surface area (Å²) >= 11 is 2.21. The Balaban J connectivity index is 1.74. The molecule has 102 valence electrons. The molecule has 0 atom stereocenters. The molecule has 0 amide bonds. The third kappa shape index (κ3) is 4.90. The Morgan fingerprint density at radius 2 is 1.75 bits per heavy atom. The summed E-state index contributed by atoms with van der Waals surface area (Å²) in [6, 6.07) is 17.5. The van der Waals surface area contributed by atoms with Gasteiger partial charge in [0, 0.05) is 9.13 Å². The molecule has 0 fully saturated rings. The van der Waals surface area contributed by atoms with Crippen LogP contribution in [0.4, 0.5) is 0 Å². The van der Waals surface area contributed by atoms with Crippen LogP contribution in [-0.2, 0) is 4.74 Å². The Morgan fingerprint density at radius 1 is 1.05 bits per heavy atom. The minimum Gasteiger partial charge on any atom is -0.369 e. The highest BCUT2D eigenvalue weighted by atomic mass is 127. The van der Waals surface area contributed by atoms with E-state index in [0.717, 1.165) is 9.13 Å². The lowest BCUT2D eigenvalue weighted by molar-refractivity contribution is 0.0806. The van der Waals surface area contributed by atoms with E-state index in [9.17, 15) is 4.79 Å². The summed E-state index contributed by atoms with van der Waals surface area (Å²) in [5.74, 6) is 0.00881. The topological polar surface area (TPSA) is 26.3 Å². The van der Waals surface area contributed by atoms with Crippen molar-refractivity contribution in [1.82, 2.24) is 0 Å². The summed E-state index contributed by atoms with van der Waals surface area (Å²) in [6.45, 7) is 0.546. The molecule has 0 aliphatic heterocycles. The zero-order valence-electron chi connectivity index (χ0n) is 11.0. The molecular formula is C17H15IO2. The van der Waals surface area contributed by atoms with Crippen LogP contribution >= 0.6 is 22.6 Å². The largest absolute Gasteiger partial charge is 0.369 e. The van der Waals surface area contributed by atoms with Crippen LogP contribution in [0.25, 0.3) is 6.08 Å². The molecule has 0 aliphatic rings. The summed E-state index contributed by atoms with van der Waals surface area (Å²) in [5, 5.41) is 0. The van der Waals surface area contributed by atoms with Crippen LogP contribution < -0.4 is 0 Å². The molecule has 0 aliphatic carbocycles. The van der Waals surface area contributed by atoms with Crippen molar-refractivity contribution in [3.05, 3.63) is 75.4 Å². The van der Waals surface area contributed by atoms with E-state index in [4.69, 9.17) is 4.74 Å². The van der Waals surface area contributed by atoms with Crippen LogP contribution in [0.5, 0.6) is 0 Å². The number of halogens is 1. The quantitative estimate of drug-likeness (QED) is 0.428. The van der Waals surface area contributed by atoms with E-state index in [1.165, 1.54) is 0 Å². The maximum absolute atomic E-state index is 11.8. The second kappa shape index (κ2) is 7.97. The lowest BCUT2D eigenvalue weighted by Crippen LogP contribution is -2.09. The summed E-state index contributed by atoms with van der Waals surface area (Å²) in [7, 11) is 0. The first-order chi connectivity index (χ1) is 9.75. The molecule has 0 heterocycles. The first-order valence-electron chi connectivity index (χ1n) is 6.34. The predicted molar refractivity (Wildman–Crippen MR) is 89.8 cm³/mol. The maximum atomic E-state index is 11.8. The van der Waals surface area contributed by atoms with E-state index < -0.39 is 0 Å². The van der Waals surface area contributed by atoms with Gasteiger partial charge in [-0.05, 0) is 40.3 Å². The van der Waals surface area contributed by atoms with Crippen molar-refractivity contribution in [2.75, 3.05) is 13.2 Å². The molecule has 0 saturated carbocycles. The number of Topliss-reactive ketones (excluding diaryl/α,β-unsaturated/α-hetero) is 1. The van der Waals surface area contributed by atoms with Gasteiger partial charge in [-0.2, -0.15) is 0 Å². The third-order valence-electron chi connectivity index (χ3n) is 2.72. The smallest absolute Gasteiger partial charge is 0.188 e. The summed E-state index contributed by atoms with van der Waals surface area (Å²) < 4.78 is 6.48. The van der Waals surface area contributed by atoms with Gasteiger partial charge < -0.3 is 4.74 Å². The van der Waals surface area contributed by atoms with Gasteiger partial charge in [-0.3, -0.25) is 4.79 Å². The minimum absolute atomic E-state index is 0.00881. The molecule has 2 aromatic carbocycles. The van der Waals surface area contributed by atoms with Crippen molar-refractivity contribution >= 4 is 34.5 Å². The van der Waals surface area contributed by atoms with E-state index in [1.54, 1.807) is 0 Å². The van der Waals surface area contributed by atoms with Crippen LogP contribution in [0.3, 0.4) is 0 Å². The van der Waals surface area contributed by atoms with Crippen LogP contribution in [0.1, 0.15) is 15.9 Å². The predicted octanol–water partition coefficient (Wildman–Crippen LogP) is 4.20. The van der Waals surface area contributed by atoms with Gasteiger partial charge in [-0.15, -0.1) is 0 Å².